The van der Waals surface area contributed by atoms with Gasteiger partial charge in [0.25, 0.3) is 0 Å². The minimum Gasteiger partial charge on any atom is -0.497 e. The summed E-state index contributed by atoms with van der Waals surface area (Å²) in [5.74, 6) is 1.53. The predicted octanol–water partition coefficient (Wildman–Crippen LogP) is 5.46. The molecule has 0 bridgehead atoms. The van der Waals surface area contributed by atoms with E-state index < -0.39 is 0 Å². The topological polar surface area (TPSA) is 18.5 Å². The number of halogens is 2. The van der Waals surface area contributed by atoms with E-state index >= 15 is 0 Å². The molecular weight excluding hydrogens is 352 g/mol. The zero-order valence-corrected chi connectivity index (χ0v) is 14.9. The van der Waals surface area contributed by atoms with Gasteiger partial charge in [0.15, 0.2) is 0 Å². The third-order valence-corrected chi connectivity index (χ3v) is 4.91. The predicted molar refractivity (Wildman–Crippen MR) is 91.2 cm³/mol. The van der Waals surface area contributed by atoms with Crippen molar-refractivity contribution in [2.75, 3.05) is 14.2 Å². The Bertz CT molecular complexity index is 655. The molecule has 2 aromatic carbocycles. The van der Waals surface area contributed by atoms with Crippen LogP contribution < -0.4 is 9.47 Å². The van der Waals surface area contributed by atoms with E-state index in [0.717, 1.165) is 27.6 Å². The Morgan fingerprint density at radius 1 is 0.952 bits per heavy atom. The van der Waals surface area contributed by atoms with Gasteiger partial charge in [-0.15, -0.1) is 0 Å². The quantitative estimate of drug-likeness (QED) is 0.666. The molecule has 0 saturated carbocycles. The Kier molecular flexibility index (Phi) is 5.17. The fourth-order valence-electron chi connectivity index (χ4n) is 2.19. The number of hydrogen-bond donors (Lipinski definition) is 0. The Morgan fingerprint density at radius 3 is 2.24 bits per heavy atom. The molecule has 0 amide bonds. The Morgan fingerprint density at radius 2 is 1.62 bits per heavy atom. The highest BCUT2D eigenvalue weighted by Gasteiger charge is 2.19. The first-order valence-corrected chi connectivity index (χ1v) is 7.90. The van der Waals surface area contributed by atoms with E-state index in [1.54, 1.807) is 14.2 Å². The Labute approximate surface area is 139 Å². The highest BCUT2D eigenvalue weighted by atomic mass is 79.9. The molecule has 0 fully saturated rings. The van der Waals surface area contributed by atoms with Gasteiger partial charge in [-0.2, -0.15) is 0 Å². The molecule has 4 heteroatoms. The first-order chi connectivity index (χ1) is 9.97. The fourth-order valence-corrected chi connectivity index (χ4v) is 3.41. The summed E-state index contributed by atoms with van der Waals surface area (Å²) in [6.45, 7) is 4.14. The van der Waals surface area contributed by atoms with Gasteiger partial charge in [-0.25, -0.2) is 0 Å². The van der Waals surface area contributed by atoms with Crippen LogP contribution in [0.15, 0.2) is 30.3 Å². The monoisotopic (exact) mass is 368 g/mol. The van der Waals surface area contributed by atoms with E-state index in [4.69, 9.17) is 21.1 Å². The second-order valence-electron chi connectivity index (χ2n) is 4.93. The summed E-state index contributed by atoms with van der Waals surface area (Å²) in [4.78, 5) is -0.0369. The molecule has 2 rings (SSSR count). The third-order valence-electron chi connectivity index (χ3n) is 3.60. The van der Waals surface area contributed by atoms with Gasteiger partial charge in [-0.05, 0) is 42.7 Å². The summed E-state index contributed by atoms with van der Waals surface area (Å²) in [5, 5.41) is 0.748. The van der Waals surface area contributed by atoms with Crippen molar-refractivity contribution in [1.82, 2.24) is 0 Å². The summed E-state index contributed by atoms with van der Waals surface area (Å²) in [7, 11) is 3.29. The summed E-state index contributed by atoms with van der Waals surface area (Å²) >= 11 is 10.1. The highest BCUT2D eigenvalue weighted by Crippen LogP contribution is 2.41. The first-order valence-electron chi connectivity index (χ1n) is 6.60. The maximum atomic E-state index is 6.40. The fraction of sp³-hybridized carbons (Fsp3) is 0.294. The van der Waals surface area contributed by atoms with Crippen molar-refractivity contribution in [1.29, 1.82) is 0 Å². The van der Waals surface area contributed by atoms with Crippen LogP contribution in [0.5, 0.6) is 11.5 Å². The van der Waals surface area contributed by atoms with E-state index in [9.17, 15) is 0 Å². The second-order valence-corrected chi connectivity index (χ2v) is 6.25. The van der Waals surface area contributed by atoms with Crippen LogP contribution in [-0.4, -0.2) is 14.2 Å². The number of alkyl halides is 1. The van der Waals surface area contributed by atoms with Crippen LogP contribution in [0.25, 0.3) is 0 Å². The maximum Gasteiger partial charge on any atom is 0.127 e. The average Bonchev–Trinajstić information content (AvgIpc) is 2.49. The molecule has 0 aromatic heterocycles. The molecule has 0 N–H and O–H groups in total. The van der Waals surface area contributed by atoms with Crippen LogP contribution >= 0.6 is 27.5 Å². The summed E-state index contributed by atoms with van der Waals surface area (Å²) < 4.78 is 10.7. The third kappa shape index (κ3) is 3.35. The SMILES string of the molecule is COc1ccc(C(Br)c2cc(C)c(C)cc2Cl)c(OC)c1. The van der Waals surface area contributed by atoms with Crippen molar-refractivity contribution >= 4 is 27.5 Å². The number of methoxy groups -OCH3 is 2. The number of rotatable bonds is 4. The summed E-state index contributed by atoms with van der Waals surface area (Å²) in [5.41, 5.74) is 4.45. The average molecular weight is 370 g/mol. The van der Waals surface area contributed by atoms with Crippen LogP contribution in [0.2, 0.25) is 5.02 Å². The van der Waals surface area contributed by atoms with Crippen molar-refractivity contribution < 1.29 is 9.47 Å². The molecule has 0 radical (unpaired) electrons. The van der Waals surface area contributed by atoms with Crippen molar-refractivity contribution in [3.63, 3.8) is 0 Å². The Balaban J connectivity index is 2.49. The number of benzene rings is 2. The molecular formula is C17H18BrClO2. The van der Waals surface area contributed by atoms with Gasteiger partial charge >= 0.3 is 0 Å². The number of hydrogen-bond acceptors (Lipinski definition) is 2. The normalized spacial score (nSPS) is 12.1. The standard InChI is InChI=1S/C17H18BrClO2/c1-10-7-14(15(19)8-11(10)2)17(18)13-6-5-12(20-3)9-16(13)21-4/h5-9,17H,1-4H3. The van der Waals surface area contributed by atoms with Gasteiger partial charge in [0, 0.05) is 16.7 Å². The van der Waals surface area contributed by atoms with Crippen molar-refractivity contribution in [3.05, 3.63) is 57.6 Å². The van der Waals surface area contributed by atoms with E-state index in [1.165, 1.54) is 11.1 Å². The molecule has 1 atom stereocenters. The smallest absolute Gasteiger partial charge is 0.127 e. The van der Waals surface area contributed by atoms with Crippen LogP contribution in [0.1, 0.15) is 27.1 Å². The number of aryl methyl sites for hydroxylation is 2. The maximum absolute atomic E-state index is 6.40. The van der Waals surface area contributed by atoms with Gasteiger partial charge in [0.1, 0.15) is 11.5 Å². The molecule has 0 aliphatic carbocycles. The Hall–Kier alpha value is -1.19. The lowest BCUT2D eigenvalue weighted by Crippen LogP contribution is -2.00. The lowest BCUT2D eigenvalue weighted by molar-refractivity contribution is 0.391. The molecule has 0 heterocycles. The van der Waals surface area contributed by atoms with Crippen molar-refractivity contribution in [3.8, 4) is 11.5 Å². The highest BCUT2D eigenvalue weighted by molar-refractivity contribution is 9.09. The molecule has 0 saturated heterocycles. The molecule has 2 nitrogen and oxygen atoms in total. The molecule has 21 heavy (non-hydrogen) atoms. The van der Waals surface area contributed by atoms with E-state index in [2.05, 4.69) is 35.8 Å². The van der Waals surface area contributed by atoms with Gasteiger partial charge in [0.05, 0.1) is 19.0 Å². The minimum absolute atomic E-state index is 0.0369. The molecule has 1 unspecified atom stereocenters. The largest absolute Gasteiger partial charge is 0.497 e. The zero-order valence-electron chi connectivity index (χ0n) is 12.5. The molecule has 0 aliphatic heterocycles. The van der Waals surface area contributed by atoms with E-state index in [-0.39, 0.29) is 4.83 Å². The zero-order chi connectivity index (χ0) is 15.6. The number of ether oxygens (including phenoxy) is 2. The van der Waals surface area contributed by atoms with Gasteiger partial charge in [-0.3, -0.25) is 0 Å². The minimum atomic E-state index is -0.0369. The lowest BCUT2D eigenvalue weighted by Gasteiger charge is -2.18. The van der Waals surface area contributed by atoms with Crippen LogP contribution in [0, 0.1) is 13.8 Å². The molecule has 112 valence electrons. The van der Waals surface area contributed by atoms with Crippen LogP contribution in [0.3, 0.4) is 0 Å². The van der Waals surface area contributed by atoms with Crippen LogP contribution in [-0.2, 0) is 0 Å². The van der Waals surface area contributed by atoms with Gasteiger partial charge in [-0.1, -0.05) is 39.7 Å². The van der Waals surface area contributed by atoms with Crippen LogP contribution in [0.4, 0.5) is 0 Å². The van der Waals surface area contributed by atoms with Crippen molar-refractivity contribution in [2.45, 2.75) is 18.7 Å². The van der Waals surface area contributed by atoms with Crippen molar-refractivity contribution in [2.24, 2.45) is 0 Å². The second kappa shape index (κ2) is 6.71. The van der Waals surface area contributed by atoms with Gasteiger partial charge < -0.3 is 9.47 Å². The van der Waals surface area contributed by atoms with E-state index in [0.29, 0.717) is 0 Å². The van der Waals surface area contributed by atoms with E-state index in [1.807, 2.05) is 24.3 Å². The summed E-state index contributed by atoms with van der Waals surface area (Å²) in [6.07, 6.45) is 0. The molecule has 0 spiro atoms. The summed E-state index contributed by atoms with van der Waals surface area (Å²) in [6, 6.07) is 9.89. The van der Waals surface area contributed by atoms with Gasteiger partial charge in [0.2, 0.25) is 0 Å². The first kappa shape index (κ1) is 16.2. The lowest BCUT2D eigenvalue weighted by atomic mass is 9.99. The molecule has 0 aliphatic rings. The molecule has 2 aromatic rings.